The molecule has 1 radical (unpaired) electrons. The Morgan fingerprint density at radius 3 is 2.38 bits per heavy atom. The van der Waals surface area contributed by atoms with E-state index in [4.69, 9.17) is 13.6 Å². The minimum Gasteiger partial charge on any atom is -0.489 e. The quantitative estimate of drug-likeness (QED) is 0.383. The van der Waals surface area contributed by atoms with Gasteiger partial charge in [-0.2, -0.15) is 0 Å². The fraction of sp³-hybridized carbons (Fsp3) is 0.348. The summed E-state index contributed by atoms with van der Waals surface area (Å²) in [5.74, 6) is 1.17. The lowest BCUT2D eigenvalue weighted by Gasteiger charge is -2.32. The molecule has 0 spiro atoms. The number of benzene rings is 2. The highest BCUT2D eigenvalue weighted by Crippen LogP contribution is 2.41. The van der Waals surface area contributed by atoms with Crippen molar-refractivity contribution in [3.63, 3.8) is 0 Å². The van der Waals surface area contributed by atoms with E-state index in [2.05, 4.69) is 49.8 Å². The first-order valence-corrected chi connectivity index (χ1v) is 12.8. The van der Waals surface area contributed by atoms with Gasteiger partial charge >= 0.3 is 5.63 Å². The zero-order valence-corrected chi connectivity index (χ0v) is 20.0. The molecule has 2 aromatic carbocycles. The summed E-state index contributed by atoms with van der Waals surface area (Å²) < 4.78 is 18.6. The standard InChI is InChI=1S/C23H26BrO4Si/c1-23(2,3)21(28-29(4)5)20-19(24)17-12-11-16(13-18(17)22(25)27-20)26-14-15-9-7-6-8-10-15/h6-13,21H,14H2,1-5H3. The highest BCUT2D eigenvalue weighted by molar-refractivity contribution is 9.10. The summed E-state index contributed by atoms with van der Waals surface area (Å²) in [7, 11) is -0.988. The highest BCUT2D eigenvalue weighted by atomic mass is 79.9. The summed E-state index contributed by atoms with van der Waals surface area (Å²) in [6.45, 7) is 10.8. The minimum atomic E-state index is -0.988. The number of fused-ring (bicyclic) bond motifs is 1. The molecule has 0 amide bonds. The molecule has 3 rings (SSSR count). The lowest BCUT2D eigenvalue weighted by atomic mass is 9.87. The molecule has 0 bridgehead atoms. The van der Waals surface area contributed by atoms with Crippen molar-refractivity contribution < 1.29 is 13.6 Å². The molecule has 29 heavy (non-hydrogen) atoms. The number of halogens is 1. The molecule has 0 aliphatic heterocycles. The number of rotatable bonds is 6. The minimum absolute atomic E-state index is 0.215. The van der Waals surface area contributed by atoms with Gasteiger partial charge < -0.3 is 13.6 Å². The first-order chi connectivity index (χ1) is 13.7. The van der Waals surface area contributed by atoms with Gasteiger partial charge in [-0.25, -0.2) is 4.79 Å². The number of hydrogen-bond donors (Lipinski definition) is 0. The van der Waals surface area contributed by atoms with Gasteiger partial charge in [-0.05, 0) is 58.2 Å². The van der Waals surface area contributed by atoms with Gasteiger partial charge in [-0.3, -0.25) is 0 Å². The predicted molar refractivity (Wildman–Crippen MR) is 122 cm³/mol. The lowest BCUT2D eigenvalue weighted by molar-refractivity contribution is 0.0627. The maximum atomic E-state index is 12.8. The van der Waals surface area contributed by atoms with Crippen LogP contribution in [0, 0.1) is 5.41 Å². The van der Waals surface area contributed by atoms with E-state index < -0.39 is 9.04 Å². The van der Waals surface area contributed by atoms with Crippen molar-refractivity contribution in [1.82, 2.24) is 0 Å². The first kappa shape index (κ1) is 21.8. The smallest absolute Gasteiger partial charge is 0.344 e. The SMILES string of the molecule is C[Si](C)OC(c1oc(=O)c2cc(OCc3ccccc3)ccc2c1Br)C(C)(C)C. The van der Waals surface area contributed by atoms with Gasteiger partial charge in [-0.1, -0.05) is 51.1 Å². The van der Waals surface area contributed by atoms with Crippen LogP contribution in [0.5, 0.6) is 5.75 Å². The molecular formula is C23H26BrO4Si. The van der Waals surface area contributed by atoms with Crippen LogP contribution in [-0.2, 0) is 11.0 Å². The Labute approximate surface area is 181 Å². The van der Waals surface area contributed by atoms with Gasteiger partial charge in [0.2, 0.25) is 9.04 Å². The van der Waals surface area contributed by atoms with E-state index in [-0.39, 0.29) is 17.1 Å². The zero-order valence-electron chi connectivity index (χ0n) is 17.4. The molecule has 0 saturated carbocycles. The van der Waals surface area contributed by atoms with Crippen LogP contribution < -0.4 is 10.4 Å². The van der Waals surface area contributed by atoms with Gasteiger partial charge in [0.25, 0.3) is 0 Å². The number of hydrogen-bond acceptors (Lipinski definition) is 4. The maximum Gasteiger partial charge on any atom is 0.344 e. The molecule has 153 valence electrons. The molecule has 0 fully saturated rings. The van der Waals surface area contributed by atoms with Gasteiger partial charge in [0.1, 0.15) is 18.5 Å². The van der Waals surface area contributed by atoms with Crippen molar-refractivity contribution in [3.8, 4) is 5.75 Å². The van der Waals surface area contributed by atoms with E-state index in [9.17, 15) is 4.79 Å². The predicted octanol–water partition coefficient (Wildman–Crippen LogP) is 6.49. The summed E-state index contributed by atoms with van der Waals surface area (Å²) in [5, 5.41) is 1.28. The third-order valence-corrected chi connectivity index (χ3v) is 6.02. The molecule has 3 aromatic rings. The van der Waals surface area contributed by atoms with Crippen LogP contribution in [0.4, 0.5) is 0 Å². The third kappa shape index (κ3) is 5.18. The van der Waals surface area contributed by atoms with Crippen molar-refractivity contribution in [2.24, 2.45) is 5.41 Å². The van der Waals surface area contributed by atoms with Crippen molar-refractivity contribution in [2.45, 2.75) is 46.6 Å². The molecule has 1 atom stereocenters. The Hall–Kier alpha value is -1.89. The Bertz CT molecular complexity index is 1040. The van der Waals surface area contributed by atoms with Gasteiger partial charge in [0, 0.05) is 5.39 Å². The molecular weight excluding hydrogens is 448 g/mol. The van der Waals surface area contributed by atoms with Gasteiger partial charge in [-0.15, -0.1) is 0 Å². The Kier molecular flexibility index (Phi) is 6.66. The molecule has 0 aliphatic rings. The largest absolute Gasteiger partial charge is 0.489 e. The van der Waals surface area contributed by atoms with Crippen molar-refractivity contribution in [2.75, 3.05) is 0 Å². The Morgan fingerprint density at radius 2 is 1.76 bits per heavy atom. The monoisotopic (exact) mass is 473 g/mol. The number of ether oxygens (including phenoxy) is 1. The fourth-order valence-electron chi connectivity index (χ4n) is 3.07. The van der Waals surface area contributed by atoms with E-state index >= 15 is 0 Å². The normalized spacial score (nSPS) is 13.1. The van der Waals surface area contributed by atoms with Crippen LogP contribution >= 0.6 is 15.9 Å². The zero-order chi connectivity index (χ0) is 21.2. The van der Waals surface area contributed by atoms with Crippen molar-refractivity contribution in [3.05, 3.63) is 74.7 Å². The second-order valence-corrected chi connectivity index (χ2v) is 11.2. The summed E-state index contributed by atoms with van der Waals surface area (Å²) in [6.07, 6.45) is -0.313. The van der Waals surface area contributed by atoms with Crippen LogP contribution in [0.1, 0.15) is 38.2 Å². The van der Waals surface area contributed by atoms with Crippen LogP contribution in [0.25, 0.3) is 10.8 Å². The fourth-order valence-corrected chi connectivity index (χ4v) is 4.64. The summed E-state index contributed by atoms with van der Waals surface area (Å²) in [5.41, 5.74) is 0.465. The lowest BCUT2D eigenvalue weighted by Crippen LogP contribution is -2.27. The third-order valence-electron chi connectivity index (χ3n) is 4.49. The summed E-state index contributed by atoms with van der Waals surface area (Å²) in [6, 6.07) is 15.4. The molecule has 1 unspecified atom stereocenters. The topological polar surface area (TPSA) is 48.7 Å². The summed E-state index contributed by atoms with van der Waals surface area (Å²) >= 11 is 3.66. The van der Waals surface area contributed by atoms with Crippen LogP contribution in [0.3, 0.4) is 0 Å². The van der Waals surface area contributed by atoms with Gasteiger partial charge in [0.05, 0.1) is 9.86 Å². The van der Waals surface area contributed by atoms with E-state index in [1.165, 1.54) is 0 Å². The van der Waals surface area contributed by atoms with Crippen molar-refractivity contribution >= 4 is 35.7 Å². The first-order valence-electron chi connectivity index (χ1n) is 9.56. The molecule has 1 aromatic heterocycles. The average Bonchev–Trinajstić information content (AvgIpc) is 2.67. The molecule has 0 N–H and O–H groups in total. The van der Waals surface area contributed by atoms with E-state index in [1.54, 1.807) is 6.07 Å². The van der Waals surface area contributed by atoms with Gasteiger partial charge in [0.15, 0.2) is 5.76 Å². The van der Waals surface area contributed by atoms with Crippen LogP contribution in [0.2, 0.25) is 13.1 Å². The van der Waals surface area contributed by atoms with Crippen LogP contribution in [-0.4, -0.2) is 9.04 Å². The molecule has 6 heteroatoms. The second kappa shape index (κ2) is 8.86. The molecule has 0 aliphatic carbocycles. The second-order valence-electron chi connectivity index (χ2n) is 8.32. The maximum absolute atomic E-state index is 12.8. The van der Waals surface area contributed by atoms with E-state index in [0.29, 0.717) is 23.5 Å². The van der Waals surface area contributed by atoms with E-state index in [1.807, 2.05) is 42.5 Å². The molecule has 4 nitrogen and oxygen atoms in total. The Balaban J connectivity index is 1.98. The average molecular weight is 474 g/mol. The molecule has 0 saturated heterocycles. The molecule has 1 heterocycles. The summed E-state index contributed by atoms with van der Waals surface area (Å²) in [4.78, 5) is 12.8. The van der Waals surface area contributed by atoms with Crippen LogP contribution in [0.15, 0.2) is 62.2 Å². The van der Waals surface area contributed by atoms with Crippen molar-refractivity contribution in [1.29, 1.82) is 0 Å². The van der Waals surface area contributed by atoms with E-state index in [0.717, 1.165) is 15.4 Å². The Morgan fingerprint density at radius 1 is 1.07 bits per heavy atom. The highest BCUT2D eigenvalue weighted by Gasteiger charge is 2.33.